The van der Waals surface area contributed by atoms with E-state index in [1.54, 1.807) is 30.5 Å². The van der Waals surface area contributed by atoms with Crippen molar-refractivity contribution in [3.63, 3.8) is 0 Å². The second kappa shape index (κ2) is 10.1. The summed E-state index contributed by atoms with van der Waals surface area (Å²) >= 11 is 5.90. The number of oxazole rings is 1. The van der Waals surface area contributed by atoms with Crippen molar-refractivity contribution in [2.24, 2.45) is 5.92 Å². The van der Waals surface area contributed by atoms with Crippen molar-refractivity contribution in [2.45, 2.75) is 37.5 Å². The first-order chi connectivity index (χ1) is 15.8. The molecule has 1 saturated heterocycles. The standard InChI is InChI=1S/C24H26ClN3O4S/c1-17-12-14-28(15-13-17)33(30,31)21-8-6-20(7-9-21)27-23(29)10-11-24-26-16-22(32-24)18-2-4-19(25)5-3-18/h2-9,16-17H,10-15H2,1H3,(H,27,29). The van der Waals surface area contributed by atoms with Crippen molar-refractivity contribution in [2.75, 3.05) is 18.4 Å². The molecule has 3 aromatic rings. The number of nitrogens with one attached hydrogen (secondary N) is 1. The number of rotatable bonds is 7. The fraction of sp³-hybridized carbons (Fsp3) is 0.333. The molecule has 1 aliphatic heterocycles. The number of amides is 1. The fourth-order valence-corrected chi connectivity index (χ4v) is 5.30. The van der Waals surface area contributed by atoms with E-state index in [-0.39, 0.29) is 17.2 Å². The van der Waals surface area contributed by atoms with Gasteiger partial charge in [-0.2, -0.15) is 4.31 Å². The third kappa shape index (κ3) is 5.82. The van der Waals surface area contributed by atoms with Gasteiger partial charge in [-0.3, -0.25) is 4.79 Å². The summed E-state index contributed by atoms with van der Waals surface area (Å²) in [5.41, 5.74) is 1.40. The highest BCUT2D eigenvalue weighted by molar-refractivity contribution is 7.89. The first-order valence-corrected chi connectivity index (χ1v) is 12.7. The van der Waals surface area contributed by atoms with Crippen molar-refractivity contribution in [1.29, 1.82) is 0 Å². The zero-order valence-corrected chi connectivity index (χ0v) is 19.9. The van der Waals surface area contributed by atoms with E-state index in [4.69, 9.17) is 16.0 Å². The Labute approximate surface area is 198 Å². The quantitative estimate of drug-likeness (QED) is 0.507. The maximum Gasteiger partial charge on any atom is 0.243 e. The maximum absolute atomic E-state index is 12.8. The topological polar surface area (TPSA) is 92.5 Å². The maximum atomic E-state index is 12.8. The van der Waals surface area contributed by atoms with Crippen LogP contribution in [0.5, 0.6) is 0 Å². The average Bonchev–Trinajstić information content (AvgIpc) is 3.28. The molecule has 1 aromatic heterocycles. The molecule has 2 aromatic carbocycles. The van der Waals surface area contributed by atoms with Crippen LogP contribution in [0.15, 0.2) is 64.0 Å². The average molecular weight is 488 g/mol. The second-order valence-corrected chi connectivity index (χ2v) is 10.7. The van der Waals surface area contributed by atoms with Gasteiger partial charge in [0.05, 0.1) is 11.1 Å². The van der Waals surface area contributed by atoms with E-state index in [1.807, 2.05) is 12.1 Å². The number of anilines is 1. The lowest BCUT2D eigenvalue weighted by atomic mass is 10.0. The number of aryl methyl sites for hydroxylation is 1. The van der Waals surface area contributed by atoms with Crippen LogP contribution >= 0.6 is 11.6 Å². The Morgan fingerprint density at radius 2 is 1.79 bits per heavy atom. The molecule has 2 heterocycles. The number of hydrogen-bond donors (Lipinski definition) is 1. The first-order valence-electron chi connectivity index (χ1n) is 10.9. The van der Waals surface area contributed by atoms with Crippen LogP contribution in [-0.2, 0) is 21.2 Å². The van der Waals surface area contributed by atoms with Gasteiger partial charge in [0.2, 0.25) is 15.9 Å². The number of nitrogens with zero attached hydrogens (tertiary/aromatic N) is 2. The minimum atomic E-state index is -3.51. The molecule has 0 atom stereocenters. The van der Waals surface area contributed by atoms with Crippen LogP contribution in [-0.4, -0.2) is 36.7 Å². The number of piperidine rings is 1. The van der Waals surface area contributed by atoms with E-state index < -0.39 is 10.0 Å². The summed E-state index contributed by atoms with van der Waals surface area (Å²) in [6.45, 7) is 3.23. The van der Waals surface area contributed by atoms with Crippen LogP contribution in [0.1, 0.15) is 32.1 Å². The van der Waals surface area contributed by atoms with Crippen molar-refractivity contribution in [1.82, 2.24) is 9.29 Å². The predicted octanol–water partition coefficient (Wildman–Crippen LogP) is 4.99. The van der Waals surface area contributed by atoms with Crippen LogP contribution in [0.25, 0.3) is 11.3 Å². The van der Waals surface area contributed by atoms with Crippen molar-refractivity contribution in [3.05, 3.63) is 65.6 Å². The largest absolute Gasteiger partial charge is 0.441 e. The van der Waals surface area contributed by atoms with Crippen LogP contribution in [0.4, 0.5) is 5.69 Å². The molecule has 9 heteroatoms. The number of sulfonamides is 1. The lowest BCUT2D eigenvalue weighted by molar-refractivity contribution is -0.116. The van der Waals surface area contributed by atoms with E-state index in [1.165, 1.54) is 16.4 Å². The Morgan fingerprint density at radius 3 is 2.45 bits per heavy atom. The summed E-state index contributed by atoms with van der Waals surface area (Å²) in [5.74, 6) is 1.42. The molecule has 7 nitrogen and oxygen atoms in total. The summed E-state index contributed by atoms with van der Waals surface area (Å²) in [4.78, 5) is 16.8. The predicted molar refractivity (Wildman–Crippen MR) is 127 cm³/mol. The molecule has 1 N–H and O–H groups in total. The lowest BCUT2D eigenvalue weighted by Crippen LogP contribution is -2.37. The first kappa shape index (κ1) is 23.5. The van der Waals surface area contributed by atoms with Gasteiger partial charge in [0.25, 0.3) is 0 Å². The van der Waals surface area contributed by atoms with Crippen molar-refractivity contribution >= 4 is 33.2 Å². The van der Waals surface area contributed by atoms with Gasteiger partial charge in [0.15, 0.2) is 11.7 Å². The van der Waals surface area contributed by atoms with Gasteiger partial charge in [0.1, 0.15) is 0 Å². The lowest BCUT2D eigenvalue weighted by Gasteiger charge is -2.29. The zero-order chi connectivity index (χ0) is 23.4. The molecule has 1 amide bonds. The number of benzene rings is 2. The molecular formula is C24H26ClN3O4S. The highest BCUT2D eigenvalue weighted by Gasteiger charge is 2.27. The molecular weight excluding hydrogens is 462 g/mol. The summed E-state index contributed by atoms with van der Waals surface area (Å²) in [6, 6.07) is 13.5. The third-order valence-corrected chi connectivity index (χ3v) is 7.93. The number of halogens is 1. The highest BCUT2D eigenvalue weighted by Crippen LogP contribution is 2.25. The SMILES string of the molecule is CC1CCN(S(=O)(=O)c2ccc(NC(=O)CCc3ncc(-c4ccc(Cl)cc4)o3)cc2)CC1. The van der Waals surface area contributed by atoms with Gasteiger partial charge in [0, 0.05) is 42.2 Å². The molecule has 0 saturated carbocycles. The molecule has 33 heavy (non-hydrogen) atoms. The fourth-order valence-electron chi connectivity index (χ4n) is 3.70. The molecule has 0 aliphatic carbocycles. The molecule has 0 bridgehead atoms. The number of hydrogen-bond acceptors (Lipinski definition) is 5. The van der Waals surface area contributed by atoms with E-state index in [9.17, 15) is 13.2 Å². The van der Waals surface area contributed by atoms with Gasteiger partial charge in [-0.25, -0.2) is 13.4 Å². The Bertz CT molecular complexity index is 1200. The minimum absolute atomic E-state index is 0.187. The molecule has 0 unspecified atom stereocenters. The summed E-state index contributed by atoms with van der Waals surface area (Å²) in [7, 11) is -3.51. The number of aromatic nitrogens is 1. The van der Waals surface area contributed by atoms with Gasteiger partial charge in [-0.1, -0.05) is 18.5 Å². The molecule has 0 radical (unpaired) electrons. The number of carbonyl (C=O) groups is 1. The van der Waals surface area contributed by atoms with E-state index in [0.717, 1.165) is 18.4 Å². The van der Waals surface area contributed by atoms with Gasteiger partial charge in [-0.05, 0) is 67.3 Å². The number of carbonyl (C=O) groups excluding carboxylic acids is 1. The van der Waals surface area contributed by atoms with Crippen molar-refractivity contribution in [3.8, 4) is 11.3 Å². The Morgan fingerprint density at radius 1 is 1.12 bits per heavy atom. The van der Waals surface area contributed by atoms with Gasteiger partial charge in [-0.15, -0.1) is 0 Å². The van der Waals surface area contributed by atoms with Crippen LogP contribution in [0.2, 0.25) is 5.02 Å². The summed E-state index contributed by atoms with van der Waals surface area (Å²) in [5, 5.41) is 3.43. The van der Waals surface area contributed by atoms with Crippen LogP contribution in [0, 0.1) is 5.92 Å². The van der Waals surface area contributed by atoms with E-state index in [0.29, 0.717) is 47.8 Å². The van der Waals surface area contributed by atoms with Crippen LogP contribution in [0.3, 0.4) is 0 Å². The molecule has 1 aliphatic rings. The van der Waals surface area contributed by atoms with Gasteiger partial charge >= 0.3 is 0 Å². The Hall–Kier alpha value is -2.68. The Kier molecular flexibility index (Phi) is 7.17. The zero-order valence-electron chi connectivity index (χ0n) is 18.3. The molecule has 174 valence electrons. The minimum Gasteiger partial charge on any atom is -0.441 e. The summed E-state index contributed by atoms with van der Waals surface area (Å²) in [6.07, 6.45) is 3.91. The van der Waals surface area contributed by atoms with Crippen LogP contribution < -0.4 is 5.32 Å². The monoisotopic (exact) mass is 487 g/mol. The third-order valence-electron chi connectivity index (χ3n) is 5.77. The Balaban J connectivity index is 1.31. The van der Waals surface area contributed by atoms with Crippen molar-refractivity contribution < 1.29 is 17.6 Å². The molecule has 1 fully saturated rings. The molecule has 4 rings (SSSR count). The second-order valence-electron chi connectivity index (χ2n) is 8.28. The highest BCUT2D eigenvalue weighted by atomic mass is 35.5. The summed E-state index contributed by atoms with van der Waals surface area (Å²) < 4.78 is 32.9. The normalized spacial score (nSPS) is 15.5. The van der Waals surface area contributed by atoms with Gasteiger partial charge < -0.3 is 9.73 Å². The molecule has 0 spiro atoms. The van der Waals surface area contributed by atoms with E-state index in [2.05, 4.69) is 17.2 Å². The van der Waals surface area contributed by atoms with E-state index >= 15 is 0 Å². The smallest absolute Gasteiger partial charge is 0.243 e.